The summed E-state index contributed by atoms with van der Waals surface area (Å²) in [5, 5.41) is 8.70. The lowest BCUT2D eigenvalue weighted by Gasteiger charge is -2.06. The van der Waals surface area contributed by atoms with Gasteiger partial charge in [-0.3, -0.25) is 0 Å². The monoisotopic (exact) mass is 219 g/mol. The molecule has 4 nitrogen and oxygen atoms in total. The molecule has 1 aromatic heterocycles. The molecular weight excluding hydrogens is 206 g/mol. The molecular formula is C7H13N3OS2. The van der Waals surface area contributed by atoms with Crippen LogP contribution < -0.4 is 5.73 Å². The first-order chi connectivity index (χ1) is 6.22. The van der Waals surface area contributed by atoms with Crippen LogP contribution >= 0.6 is 23.1 Å². The van der Waals surface area contributed by atoms with Crippen molar-refractivity contribution in [3.8, 4) is 0 Å². The lowest BCUT2D eigenvalue weighted by Crippen LogP contribution is -2.00. The second-order valence-electron chi connectivity index (χ2n) is 2.62. The Kier molecular flexibility index (Phi) is 4.47. The van der Waals surface area contributed by atoms with Crippen LogP contribution in [-0.2, 0) is 4.74 Å². The molecule has 0 fully saturated rings. The maximum absolute atomic E-state index is 5.46. The number of nitrogen functional groups attached to an aromatic ring is 1. The summed E-state index contributed by atoms with van der Waals surface area (Å²) in [6.07, 6.45) is 1.01. The molecule has 0 aromatic carbocycles. The fourth-order valence-corrected chi connectivity index (χ4v) is 2.71. The van der Waals surface area contributed by atoms with Gasteiger partial charge >= 0.3 is 0 Å². The van der Waals surface area contributed by atoms with Gasteiger partial charge < -0.3 is 10.5 Å². The van der Waals surface area contributed by atoms with Crippen LogP contribution in [0.2, 0.25) is 0 Å². The van der Waals surface area contributed by atoms with Crippen molar-refractivity contribution in [3.63, 3.8) is 0 Å². The van der Waals surface area contributed by atoms with Crippen LogP contribution in [0.25, 0.3) is 0 Å². The number of nitrogens with two attached hydrogens (primary N) is 1. The highest BCUT2D eigenvalue weighted by molar-refractivity contribution is 8.01. The van der Waals surface area contributed by atoms with E-state index in [1.54, 1.807) is 18.9 Å². The molecule has 0 aliphatic carbocycles. The average molecular weight is 219 g/mol. The van der Waals surface area contributed by atoms with E-state index in [1.165, 1.54) is 11.3 Å². The number of aromatic nitrogens is 2. The maximum Gasteiger partial charge on any atom is 0.203 e. The largest absolute Gasteiger partial charge is 0.385 e. The molecule has 0 saturated carbocycles. The van der Waals surface area contributed by atoms with Gasteiger partial charge in [-0.15, -0.1) is 10.2 Å². The quantitative estimate of drug-likeness (QED) is 0.763. The number of methoxy groups -OCH3 is 1. The van der Waals surface area contributed by atoms with Crippen LogP contribution in [0.1, 0.15) is 13.3 Å². The number of nitrogens with zero attached hydrogens (tertiary/aromatic N) is 2. The Morgan fingerprint density at radius 1 is 1.62 bits per heavy atom. The Labute approximate surface area is 85.9 Å². The van der Waals surface area contributed by atoms with Crippen molar-refractivity contribution in [1.29, 1.82) is 0 Å². The van der Waals surface area contributed by atoms with Gasteiger partial charge in [0, 0.05) is 19.0 Å². The van der Waals surface area contributed by atoms with Crippen molar-refractivity contribution in [2.24, 2.45) is 0 Å². The van der Waals surface area contributed by atoms with Gasteiger partial charge in [-0.2, -0.15) is 0 Å². The Balaban J connectivity index is 2.31. The van der Waals surface area contributed by atoms with Crippen LogP contribution in [0.15, 0.2) is 4.34 Å². The van der Waals surface area contributed by atoms with Gasteiger partial charge in [0.1, 0.15) is 0 Å². The zero-order valence-electron chi connectivity index (χ0n) is 7.69. The minimum atomic E-state index is 0.493. The number of rotatable bonds is 5. The third-order valence-electron chi connectivity index (χ3n) is 1.45. The summed E-state index contributed by atoms with van der Waals surface area (Å²) in [5.74, 6) is 0. The Bertz CT molecular complexity index is 254. The van der Waals surface area contributed by atoms with Gasteiger partial charge in [-0.1, -0.05) is 30.0 Å². The predicted molar refractivity (Wildman–Crippen MR) is 56.1 cm³/mol. The van der Waals surface area contributed by atoms with E-state index in [9.17, 15) is 0 Å². The molecule has 6 heteroatoms. The third-order valence-corrected chi connectivity index (χ3v) is 3.46. The fraction of sp³-hybridized carbons (Fsp3) is 0.714. The Morgan fingerprint density at radius 3 is 2.92 bits per heavy atom. The topological polar surface area (TPSA) is 61.0 Å². The highest BCUT2D eigenvalue weighted by atomic mass is 32.2. The summed E-state index contributed by atoms with van der Waals surface area (Å²) >= 11 is 3.12. The van der Waals surface area contributed by atoms with Crippen LogP contribution in [0.5, 0.6) is 0 Å². The minimum absolute atomic E-state index is 0.493. The van der Waals surface area contributed by atoms with Gasteiger partial charge in [0.05, 0.1) is 0 Å². The standard InChI is InChI=1S/C7H13N3OS2/c1-5(3-4-11-2)12-7-10-9-6(8)13-7/h5H,3-4H2,1-2H3,(H2,8,9). The number of anilines is 1. The highest BCUT2D eigenvalue weighted by Crippen LogP contribution is 2.28. The molecule has 1 unspecified atom stereocenters. The molecule has 1 heterocycles. The van der Waals surface area contributed by atoms with E-state index in [1.807, 2.05) is 0 Å². The summed E-state index contributed by atoms with van der Waals surface area (Å²) in [6.45, 7) is 2.92. The van der Waals surface area contributed by atoms with E-state index in [0.29, 0.717) is 10.4 Å². The van der Waals surface area contributed by atoms with E-state index in [-0.39, 0.29) is 0 Å². The van der Waals surface area contributed by atoms with Crippen molar-refractivity contribution in [2.75, 3.05) is 19.5 Å². The van der Waals surface area contributed by atoms with E-state index in [4.69, 9.17) is 10.5 Å². The molecule has 0 aliphatic rings. The molecule has 0 radical (unpaired) electrons. The summed E-state index contributed by atoms with van der Waals surface area (Å²) in [5.41, 5.74) is 5.46. The molecule has 0 saturated heterocycles. The van der Waals surface area contributed by atoms with Gasteiger partial charge in [0.15, 0.2) is 4.34 Å². The summed E-state index contributed by atoms with van der Waals surface area (Å²) in [4.78, 5) is 0. The predicted octanol–water partition coefficient (Wildman–Crippen LogP) is 1.64. The molecule has 0 aliphatic heterocycles. The number of thioether (sulfide) groups is 1. The van der Waals surface area contributed by atoms with E-state index < -0.39 is 0 Å². The molecule has 74 valence electrons. The van der Waals surface area contributed by atoms with Crippen molar-refractivity contribution in [3.05, 3.63) is 0 Å². The minimum Gasteiger partial charge on any atom is -0.385 e. The van der Waals surface area contributed by atoms with Crippen LogP contribution in [0, 0.1) is 0 Å². The van der Waals surface area contributed by atoms with Gasteiger partial charge in [-0.05, 0) is 6.42 Å². The number of hydrogen-bond donors (Lipinski definition) is 1. The Hall–Kier alpha value is -0.330. The summed E-state index contributed by atoms with van der Waals surface area (Å²) in [7, 11) is 1.71. The molecule has 13 heavy (non-hydrogen) atoms. The van der Waals surface area contributed by atoms with Crippen LogP contribution in [0.4, 0.5) is 5.13 Å². The first-order valence-electron chi connectivity index (χ1n) is 3.97. The highest BCUT2D eigenvalue weighted by Gasteiger charge is 2.07. The van der Waals surface area contributed by atoms with Crippen LogP contribution in [0.3, 0.4) is 0 Å². The first kappa shape index (κ1) is 10.7. The van der Waals surface area contributed by atoms with E-state index >= 15 is 0 Å². The van der Waals surface area contributed by atoms with Gasteiger partial charge in [0.25, 0.3) is 0 Å². The average Bonchev–Trinajstić information content (AvgIpc) is 2.48. The lowest BCUT2D eigenvalue weighted by molar-refractivity contribution is 0.195. The SMILES string of the molecule is COCCC(C)Sc1nnc(N)s1. The normalized spacial score (nSPS) is 13.1. The zero-order valence-corrected chi connectivity index (χ0v) is 9.32. The second-order valence-corrected chi connectivity index (χ2v) is 5.31. The molecule has 1 aromatic rings. The van der Waals surface area contributed by atoms with Crippen molar-refractivity contribution in [1.82, 2.24) is 10.2 Å². The second kappa shape index (κ2) is 5.41. The first-order valence-corrected chi connectivity index (χ1v) is 5.66. The van der Waals surface area contributed by atoms with Crippen LogP contribution in [-0.4, -0.2) is 29.2 Å². The van der Waals surface area contributed by atoms with Crippen molar-refractivity contribution in [2.45, 2.75) is 22.9 Å². The summed E-state index contributed by atoms with van der Waals surface area (Å²) < 4.78 is 5.92. The number of hydrogen-bond acceptors (Lipinski definition) is 6. The Morgan fingerprint density at radius 2 is 2.38 bits per heavy atom. The zero-order chi connectivity index (χ0) is 9.68. The number of ether oxygens (including phenoxy) is 1. The van der Waals surface area contributed by atoms with E-state index in [2.05, 4.69) is 17.1 Å². The molecule has 0 amide bonds. The van der Waals surface area contributed by atoms with Gasteiger partial charge in [-0.25, -0.2) is 0 Å². The van der Waals surface area contributed by atoms with E-state index in [0.717, 1.165) is 17.4 Å². The lowest BCUT2D eigenvalue weighted by atomic mass is 10.3. The molecule has 0 spiro atoms. The van der Waals surface area contributed by atoms with Crippen molar-refractivity contribution >= 4 is 28.2 Å². The smallest absolute Gasteiger partial charge is 0.203 e. The summed E-state index contributed by atoms with van der Waals surface area (Å²) in [6, 6.07) is 0. The molecule has 1 atom stereocenters. The fourth-order valence-electron chi connectivity index (χ4n) is 0.783. The molecule has 0 bridgehead atoms. The maximum atomic E-state index is 5.46. The molecule has 1 rings (SSSR count). The third kappa shape index (κ3) is 3.93. The van der Waals surface area contributed by atoms with Gasteiger partial charge in [0.2, 0.25) is 5.13 Å². The van der Waals surface area contributed by atoms with Crippen molar-refractivity contribution < 1.29 is 4.74 Å². The molecule has 2 N–H and O–H groups in total.